The molecule has 5 heteroatoms. The Morgan fingerprint density at radius 3 is 2.67 bits per heavy atom. The minimum Gasteiger partial charge on any atom is -0.335 e. The van der Waals surface area contributed by atoms with E-state index in [0.717, 1.165) is 41.2 Å². The number of halogens is 2. The molecule has 1 aliphatic heterocycles. The Bertz CT molecular complexity index is 545. The first-order chi connectivity index (χ1) is 9.99. The van der Waals surface area contributed by atoms with E-state index in [1.165, 1.54) is 0 Å². The molecule has 1 aliphatic rings. The monoisotopic (exact) mass is 415 g/mol. The lowest BCUT2D eigenvalue weighted by atomic mass is 10.0. The highest BCUT2D eigenvalue weighted by Gasteiger charge is 2.28. The van der Waals surface area contributed by atoms with Crippen molar-refractivity contribution in [2.24, 2.45) is 0 Å². The van der Waals surface area contributed by atoms with Gasteiger partial charge in [0, 0.05) is 28.0 Å². The van der Waals surface area contributed by atoms with Crippen molar-refractivity contribution in [3.8, 4) is 0 Å². The number of nitrogens with zero attached hydrogens (tertiary/aromatic N) is 1. The van der Waals surface area contributed by atoms with Gasteiger partial charge in [0.15, 0.2) is 0 Å². The van der Waals surface area contributed by atoms with E-state index in [-0.39, 0.29) is 17.7 Å². The Balaban J connectivity index is 2.26. The Hall–Kier alpha value is -0.680. The van der Waals surface area contributed by atoms with Gasteiger partial charge in [0.05, 0.1) is 5.56 Å². The summed E-state index contributed by atoms with van der Waals surface area (Å²) in [4.78, 5) is 26.2. The second kappa shape index (κ2) is 7.54. The Labute approximate surface area is 142 Å². The third-order valence-corrected chi connectivity index (χ3v) is 4.97. The third kappa shape index (κ3) is 4.39. The first kappa shape index (κ1) is 16.7. The Morgan fingerprint density at radius 1 is 1.24 bits per heavy atom. The standard InChI is InChI=1S/C16H19Br2NO2/c1-11(20)9-13-5-3-2-4-8-19(13)16(21)14-7-6-12(17)10-15(14)18/h6-7,10,13H,2-5,8-9H2,1H3. The number of rotatable bonds is 3. The molecule has 0 radical (unpaired) electrons. The van der Waals surface area contributed by atoms with Crippen molar-refractivity contribution in [1.82, 2.24) is 4.90 Å². The van der Waals surface area contributed by atoms with Crippen LogP contribution in [0.4, 0.5) is 0 Å². The summed E-state index contributed by atoms with van der Waals surface area (Å²) < 4.78 is 1.72. The summed E-state index contributed by atoms with van der Waals surface area (Å²) in [5.74, 6) is 0.164. The molecule has 1 atom stereocenters. The molecule has 0 saturated carbocycles. The summed E-state index contributed by atoms with van der Waals surface area (Å²) in [6.45, 7) is 2.34. The number of carbonyl (C=O) groups excluding carboxylic acids is 2. The average Bonchev–Trinajstić information content (AvgIpc) is 2.63. The summed E-state index contributed by atoms with van der Waals surface area (Å²) >= 11 is 6.86. The quantitative estimate of drug-likeness (QED) is 0.723. The first-order valence-electron chi connectivity index (χ1n) is 7.24. The molecule has 1 unspecified atom stereocenters. The van der Waals surface area contributed by atoms with Gasteiger partial charge in [-0.2, -0.15) is 0 Å². The number of Topliss-reactive ketones (excluding diaryl/α,β-unsaturated/α-hetero) is 1. The van der Waals surface area contributed by atoms with Crippen LogP contribution in [0.2, 0.25) is 0 Å². The van der Waals surface area contributed by atoms with Crippen molar-refractivity contribution in [2.45, 2.75) is 45.1 Å². The number of hydrogen-bond donors (Lipinski definition) is 0. The van der Waals surface area contributed by atoms with Crippen molar-refractivity contribution < 1.29 is 9.59 Å². The minimum atomic E-state index is 0.0162. The number of likely N-dealkylation sites (tertiary alicyclic amines) is 1. The van der Waals surface area contributed by atoms with Crippen molar-refractivity contribution in [1.29, 1.82) is 0 Å². The van der Waals surface area contributed by atoms with Crippen LogP contribution in [-0.4, -0.2) is 29.2 Å². The molecule has 1 saturated heterocycles. The van der Waals surface area contributed by atoms with E-state index in [4.69, 9.17) is 0 Å². The molecule has 0 N–H and O–H groups in total. The third-order valence-electron chi connectivity index (χ3n) is 3.82. The van der Waals surface area contributed by atoms with Crippen LogP contribution >= 0.6 is 31.9 Å². The van der Waals surface area contributed by atoms with E-state index in [2.05, 4.69) is 31.9 Å². The predicted molar refractivity (Wildman–Crippen MR) is 90.4 cm³/mol. The number of amides is 1. The molecule has 3 nitrogen and oxygen atoms in total. The molecule has 1 amide bonds. The lowest BCUT2D eigenvalue weighted by Crippen LogP contribution is -2.41. The fourth-order valence-electron chi connectivity index (χ4n) is 2.81. The molecule has 0 spiro atoms. The van der Waals surface area contributed by atoms with Crippen molar-refractivity contribution in [3.05, 3.63) is 32.7 Å². The maximum Gasteiger partial charge on any atom is 0.255 e. The highest BCUT2D eigenvalue weighted by Crippen LogP contribution is 2.27. The van der Waals surface area contributed by atoms with E-state index in [1.807, 2.05) is 23.1 Å². The number of benzene rings is 1. The summed E-state index contributed by atoms with van der Waals surface area (Å²) in [6, 6.07) is 5.61. The lowest BCUT2D eigenvalue weighted by molar-refractivity contribution is -0.118. The number of ketones is 1. The summed E-state index contributed by atoms with van der Waals surface area (Å²) in [5, 5.41) is 0. The molecule has 21 heavy (non-hydrogen) atoms. The topological polar surface area (TPSA) is 37.4 Å². The van der Waals surface area contributed by atoms with Crippen LogP contribution in [0.1, 0.15) is 49.4 Å². The smallest absolute Gasteiger partial charge is 0.255 e. The van der Waals surface area contributed by atoms with Gasteiger partial charge in [-0.25, -0.2) is 0 Å². The Morgan fingerprint density at radius 2 is 2.00 bits per heavy atom. The minimum absolute atomic E-state index is 0.0162. The first-order valence-corrected chi connectivity index (χ1v) is 8.83. The van der Waals surface area contributed by atoms with Gasteiger partial charge in [-0.1, -0.05) is 28.8 Å². The average molecular weight is 417 g/mol. The zero-order valence-electron chi connectivity index (χ0n) is 12.1. The second-order valence-electron chi connectivity index (χ2n) is 5.53. The van der Waals surface area contributed by atoms with Crippen LogP contribution in [0.3, 0.4) is 0 Å². The predicted octanol–water partition coefficient (Wildman–Crippen LogP) is 4.58. The fourth-order valence-corrected chi connectivity index (χ4v) is 4.02. The van der Waals surface area contributed by atoms with Crippen molar-refractivity contribution in [3.63, 3.8) is 0 Å². The summed E-state index contributed by atoms with van der Waals surface area (Å²) in [7, 11) is 0. The van der Waals surface area contributed by atoms with E-state index in [1.54, 1.807) is 6.92 Å². The molecule has 1 fully saturated rings. The molecule has 1 aromatic rings. The molecule has 1 aromatic carbocycles. The lowest BCUT2D eigenvalue weighted by Gasteiger charge is -2.30. The number of carbonyl (C=O) groups is 2. The molecule has 1 heterocycles. The molecule has 0 bridgehead atoms. The molecule has 2 rings (SSSR count). The summed E-state index contributed by atoms with van der Waals surface area (Å²) in [6.07, 6.45) is 4.59. The van der Waals surface area contributed by atoms with Crippen LogP contribution < -0.4 is 0 Å². The van der Waals surface area contributed by atoms with Crippen LogP contribution in [0.25, 0.3) is 0 Å². The normalized spacial score (nSPS) is 19.2. The Kier molecular flexibility index (Phi) is 5.99. The zero-order valence-corrected chi connectivity index (χ0v) is 15.2. The molecule has 0 aliphatic carbocycles. The van der Waals surface area contributed by atoms with Gasteiger partial charge in [0.2, 0.25) is 0 Å². The second-order valence-corrected chi connectivity index (χ2v) is 7.30. The zero-order chi connectivity index (χ0) is 15.4. The van der Waals surface area contributed by atoms with Gasteiger partial charge < -0.3 is 4.90 Å². The van der Waals surface area contributed by atoms with E-state index in [9.17, 15) is 9.59 Å². The molecular formula is C16H19Br2NO2. The van der Waals surface area contributed by atoms with Crippen LogP contribution in [0, 0.1) is 0 Å². The van der Waals surface area contributed by atoms with Gasteiger partial charge >= 0.3 is 0 Å². The van der Waals surface area contributed by atoms with Gasteiger partial charge in [-0.05, 0) is 53.9 Å². The van der Waals surface area contributed by atoms with Gasteiger partial charge in [-0.3, -0.25) is 9.59 Å². The van der Waals surface area contributed by atoms with Crippen LogP contribution in [0.15, 0.2) is 27.1 Å². The highest BCUT2D eigenvalue weighted by atomic mass is 79.9. The van der Waals surface area contributed by atoms with Gasteiger partial charge in [0.1, 0.15) is 5.78 Å². The van der Waals surface area contributed by atoms with E-state index < -0.39 is 0 Å². The molecule has 0 aromatic heterocycles. The van der Waals surface area contributed by atoms with Crippen LogP contribution in [0.5, 0.6) is 0 Å². The SMILES string of the molecule is CC(=O)CC1CCCCCN1C(=O)c1ccc(Br)cc1Br. The fraction of sp³-hybridized carbons (Fsp3) is 0.500. The van der Waals surface area contributed by atoms with Crippen molar-refractivity contribution >= 4 is 43.6 Å². The summed E-state index contributed by atoms with van der Waals surface area (Å²) in [5.41, 5.74) is 0.661. The van der Waals surface area contributed by atoms with Crippen molar-refractivity contribution in [2.75, 3.05) is 6.54 Å². The molecular weight excluding hydrogens is 398 g/mol. The maximum atomic E-state index is 12.8. The van der Waals surface area contributed by atoms with E-state index >= 15 is 0 Å². The largest absolute Gasteiger partial charge is 0.335 e. The highest BCUT2D eigenvalue weighted by molar-refractivity contribution is 9.11. The number of hydrogen-bond acceptors (Lipinski definition) is 2. The van der Waals surface area contributed by atoms with Gasteiger partial charge in [0.25, 0.3) is 5.91 Å². The molecule has 114 valence electrons. The van der Waals surface area contributed by atoms with Gasteiger partial charge in [-0.15, -0.1) is 0 Å². The van der Waals surface area contributed by atoms with Crippen LogP contribution in [-0.2, 0) is 4.79 Å². The maximum absolute atomic E-state index is 12.8. The van der Waals surface area contributed by atoms with E-state index in [0.29, 0.717) is 12.0 Å².